The maximum Gasteiger partial charge on any atom is 0.250 e. The molecule has 6 rings (SSSR count). The molecule has 184 valence electrons. The number of carbonyl (C=O) groups is 1. The summed E-state index contributed by atoms with van der Waals surface area (Å²) in [5.41, 5.74) is 3.65. The molecule has 2 aromatic heterocycles. The standard InChI is InChI=1S/C30H26FN5O/c31-25-11-9-22(10-12-25)27-20-28(36(34-27)30-32-15-4-16-33-30)23-13-17-35(18-14-23)29(37)19-24-7-3-6-21-5-1-2-8-26(21)24/h1-12,15-16,20,23H,13-14,17-19H2. The van der Waals surface area contributed by atoms with Gasteiger partial charge in [-0.25, -0.2) is 19.0 Å². The summed E-state index contributed by atoms with van der Waals surface area (Å²) in [4.78, 5) is 24.0. The number of nitrogens with zero attached hydrogens (tertiary/aromatic N) is 5. The molecule has 37 heavy (non-hydrogen) atoms. The van der Waals surface area contributed by atoms with Crippen molar-refractivity contribution in [3.8, 4) is 17.2 Å². The highest BCUT2D eigenvalue weighted by Crippen LogP contribution is 2.32. The van der Waals surface area contributed by atoms with E-state index in [1.807, 2.05) is 35.2 Å². The number of hydrogen-bond donors (Lipinski definition) is 0. The van der Waals surface area contributed by atoms with Crippen LogP contribution in [0.3, 0.4) is 0 Å². The van der Waals surface area contributed by atoms with Gasteiger partial charge in [0.1, 0.15) is 5.82 Å². The topological polar surface area (TPSA) is 63.9 Å². The fourth-order valence-corrected chi connectivity index (χ4v) is 5.15. The summed E-state index contributed by atoms with van der Waals surface area (Å²) in [6, 6.07) is 24.5. The van der Waals surface area contributed by atoms with Gasteiger partial charge in [-0.15, -0.1) is 0 Å². The lowest BCUT2D eigenvalue weighted by Crippen LogP contribution is -2.39. The van der Waals surface area contributed by atoms with Crippen LogP contribution in [0.25, 0.3) is 28.0 Å². The second kappa shape index (κ2) is 9.93. The fraction of sp³-hybridized carbons (Fsp3) is 0.200. The quantitative estimate of drug-likeness (QED) is 0.322. The van der Waals surface area contributed by atoms with Crippen molar-refractivity contribution < 1.29 is 9.18 Å². The number of aromatic nitrogens is 4. The SMILES string of the molecule is O=C(Cc1cccc2ccccc12)N1CCC(c2cc(-c3ccc(F)cc3)nn2-c2ncccn2)CC1. The number of likely N-dealkylation sites (tertiary alicyclic amines) is 1. The molecule has 0 bridgehead atoms. The normalized spacial score (nSPS) is 14.2. The van der Waals surface area contributed by atoms with Gasteiger partial charge in [-0.2, -0.15) is 5.10 Å². The molecule has 5 aromatic rings. The molecule has 1 aliphatic heterocycles. The number of halogens is 1. The monoisotopic (exact) mass is 491 g/mol. The number of fused-ring (bicyclic) bond motifs is 1. The number of hydrogen-bond acceptors (Lipinski definition) is 4. The lowest BCUT2D eigenvalue weighted by atomic mass is 9.92. The largest absolute Gasteiger partial charge is 0.342 e. The third-order valence-corrected chi connectivity index (χ3v) is 7.11. The maximum absolute atomic E-state index is 13.5. The zero-order valence-corrected chi connectivity index (χ0v) is 20.3. The Kier molecular flexibility index (Phi) is 6.18. The van der Waals surface area contributed by atoms with E-state index in [0.717, 1.165) is 46.1 Å². The lowest BCUT2D eigenvalue weighted by molar-refractivity contribution is -0.131. The van der Waals surface area contributed by atoms with Gasteiger partial charge < -0.3 is 4.90 Å². The van der Waals surface area contributed by atoms with Gasteiger partial charge in [0.2, 0.25) is 5.91 Å². The van der Waals surface area contributed by atoms with Crippen molar-refractivity contribution >= 4 is 16.7 Å². The maximum atomic E-state index is 13.5. The molecule has 1 fully saturated rings. The minimum atomic E-state index is -0.282. The van der Waals surface area contributed by atoms with Crippen LogP contribution in [0.2, 0.25) is 0 Å². The summed E-state index contributed by atoms with van der Waals surface area (Å²) in [7, 11) is 0. The molecule has 0 unspecified atom stereocenters. The summed E-state index contributed by atoms with van der Waals surface area (Å²) in [5.74, 6) is 0.574. The van der Waals surface area contributed by atoms with E-state index >= 15 is 0 Å². The minimum absolute atomic E-state index is 0.154. The predicted molar refractivity (Wildman–Crippen MR) is 141 cm³/mol. The van der Waals surface area contributed by atoms with Crippen molar-refractivity contribution in [2.75, 3.05) is 13.1 Å². The molecule has 0 atom stereocenters. The summed E-state index contributed by atoms with van der Waals surface area (Å²) in [6.45, 7) is 1.36. The molecular formula is C30H26FN5O. The van der Waals surface area contributed by atoms with Crippen molar-refractivity contribution in [1.29, 1.82) is 0 Å². The smallest absolute Gasteiger partial charge is 0.250 e. The van der Waals surface area contributed by atoms with Crippen molar-refractivity contribution in [2.45, 2.75) is 25.2 Å². The molecule has 0 N–H and O–H groups in total. The van der Waals surface area contributed by atoms with Crippen molar-refractivity contribution in [3.63, 3.8) is 0 Å². The fourth-order valence-electron chi connectivity index (χ4n) is 5.15. The Bertz CT molecular complexity index is 1530. The number of benzene rings is 3. The highest BCUT2D eigenvalue weighted by Gasteiger charge is 2.28. The Hall–Kier alpha value is -4.39. The van der Waals surface area contributed by atoms with E-state index in [0.29, 0.717) is 25.5 Å². The molecule has 0 radical (unpaired) electrons. The molecule has 0 spiro atoms. The molecule has 3 aromatic carbocycles. The van der Waals surface area contributed by atoms with Crippen LogP contribution in [0.1, 0.15) is 30.0 Å². The van der Waals surface area contributed by atoms with Crippen LogP contribution in [0, 0.1) is 5.82 Å². The van der Waals surface area contributed by atoms with E-state index in [-0.39, 0.29) is 17.6 Å². The molecule has 1 amide bonds. The highest BCUT2D eigenvalue weighted by molar-refractivity contribution is 5.90. The van der Waals surface area contributed by atoms with Crippen molar-refractivity contribution in [2.24, 2.45) is 0 Å². The van der Waals surface area contributed by atoms with E-state index in [1.54, 1.807) is 35.3 Å². The van der Waals surface area contributed by atoms with Crippen LogP contribution in [0.15, 0.2) is 91.3 Å². The predicted octanol–water partition coefficient (Wildman–Crippen LogP) is 5.57. The van der Waals surface area contributed by atoms with E-state index in [9.17, 15) is 9.18 Å². The average Bonchev–Trinajstić information content (AvgIpc) is 3.40. The molecule has 1 aliphatic rings. The van der Waals surface area contributed by atoms with E-state index in [2.05, 4.69) is 28.2 Å². The Balaban J connectivity index is 1.21. The Morgan fingerprint density at radius 2 is 1.62 bits per heavy atom. The number of piperidine rings is 1. The summed E-state index contributed by atoms with van der Waals surface area (Å²) < 4.78 is 15.3. The van der Waals surface area contributed by atoms with Gasteiger partial charge in [0.25, 0.3) is 5.95 Å². The third kappa shape index (κ3) is 4.72. The molecule has 6 nitrogen and oxygen atoms in total. The van der Waals surface area contributed by atoms with Gasteiger partial charge >= 0.3 is 0 Å². The van der Waals surface area contributed by atoms with Gasteiger partial charge in [0.05, 0.1) is 17.8 Å². The van der Waals surface area contributed by atoms with Gasteiger partial charge in [-0.05, 0) is 65.6 Å². The molecular weight excluding hydrogens is 465 g/mol. The molecule has 1 saturated heterocycles. The van der Waals surface area contributed by atoms with Crippen LogP contribution in [0.5, 0.6) is 0 Å². The van der Waals surface area contributed by atoms with Crippen LogP contribution in [-0.4, -0.2) is 43.6 Å². The first kappa shape index (κ1) is 23.0. The Morgan fingerprint density at radius 3 is 2.41 bits per heavy atom. The van der Waals surface area contributed by atoms with Gasteiger partial charge in [-0.3, -0.25) is 4.79 Å². The summed E-state index contributed by atoms with van der Waals surface area (Å²) in [5, 5.41) is 7.07. The second-order valence-electron chi connectivity index (χ2n) is 9.39. The van der Waals surface area contributed by atoms with Crippen LogP contribution < -0.4 is 0 Å². The average molecular weight is 492 g/mol. The third-order valence-electron chi connectivity index (χ3n) is 7.11. The van der Waals surface area contributed by atoms with E-state index < -0.39 is 0 Å². The first-order valence-electron chi connectivity index (χ1n) is 12.5. The zero-order valence-electron chi connectivity index (χ0n) is 20.3. The Morgan fingerprint density at radius 1 is 0.892 bits per heavy atom. The minimum Gasteiger partial charge on any atom is -0.342 e. The lowest BCUT2D eigenvalue weighted by Gasteiger charge is -2.32. The van der Waals surface area contributed by atoms with E-state index in [1.165, 1.54) is 12.1 Å². The van der Waals surface area contributed by atoms with Crippen molar-refractivity contribution in [1.82, 2.24) is 24.6 Å². The van der Waals surface area contributed by atoms with E-state index in [4.69, 9.17) is 5.10 Å². The van der Waals surface area contributed by atoms with Crippen molar-refractivity contribution in [3.05, 3.63) is 108 Å². The number of carbonyl (C=O) groups excluding carboxylic acids is 1. The zero-order chi connectivity index (χ0) is 25.2. The molecule has 0 saturated carbocycles. The van der Waals surface area contributed by atoms with Crippen LogP contribution >= 0.6 is 0 Å². The van der Waals surface area contributed by atoms with Crippen LogP contribution in [-0.2, 0) is 11.2 Å². The van der Waals surface area contributed by atoms with Gasteiger partial charge in [0.15, 0.2) is 0 Å². The molecule has 7 heteroatoms. The van der Waals surface area contributed by atoms with Gasteiger partial charge in [-0.1, -0.05) is 42.5 Å². The first-order valence-corrected chi connectivity index (χ1v) is 12.5. The first-order chi connectivity index (χ1) is 18.2. The van der Waals surface area contributed by atoms with Gasteiger partial charge in [0, 0.05) is 37.0 Å². The molecule has 0 aliphatic carbocycles. The highest BCUT2D eigenvalue weighted by atomic mass is 19.1. The molecule has 3 heterocycles. The number of amides is 1. The Labute approximate surface area is 214 Å². The van der Waals surface area contributed by atoms with Crippen LogP contribution in [0.4, 0.5) is 4.39 Å². The number of rotatable bonds is 5. The summed E-state index contributed by atoms with van der Waals surface area (Å²) in [6.07, 6.45) is 5.43. The summed E-state index contributed by atoms with van der Waals surface area (Å²) >= 11 is 0. The second-order valence-corrected chi connectivity index (χ2v) is 9.39.